The van der Waals surface area contributed by atoms with Crippen molar-refractivity contribution in [1.82, 2.24) is 14.9 Å². The van der Waals surface area contributed by atoms with Crippen LogP contribution in [0.4, 0.5) is 5.82 Å². The van der Waals surface area contributed by atoms with Gasteiger partial charge >= 0.3 is 6.01 Å². The number of ether oxygens (including phenoxy) is 2. The molecule has 2 aromatic rings. The van der Waals surface area contributed by atoms with Crippen LogP contribution in [0.2, 0.25) is 0 Å². The first kappa shape index (κ1) is 19.8. The zero-order valence-electron chi connectivity index (χ0n) is 17.0. The van der Waals surface area contributed by atoms with E-state index in [-0.39, 0.29) is 11.9 Å². The van der Waals surface area contributed by atoms with Crippen LogP contribution in [-0.2, 0) is 29.0 Å². The van der Waals surface area contributed by atoms with Crippen LogP contribution in [0.5, 0.6) is 6.01 Å². The van der Waals surface area contributed by atoms with Gasteiger partial charge in [0.25, 0.3) is 0 Å². The number of carbonyl (C=O) groups excluding carboxylic acids is 1. The van der Waals surface area contributed by atoms with E-state index < -0.39 is 0 Å². The van der Waals surface area contributed by atoms with E-state index in [1.54, 1.807) is 18.2 Å². The Morgan fingerprint density at radius 1 is 1.00 bits per heavy atom. The van der Waals surface area contributed by atoms with Gasteiger partial charge in [0.1, 0.15) is 12.4 Å². The van der Waals surface area contributed by atoms with Gasteiger partial charge in [0.05, 0.1) is 19.6 Å². The fraction of sp³-hybridized carbons (Fsp3) is 0.500. The molecule has 7 nitrogen and oxygen atoms in total. The maximum Gasteiger partial charge on any atom is 0.318 e. The zero-order valence-corrected chi connectivity index (χ0v) is 17.0. The molecule has 1 aromatic carbocycles. The molecule has 1 aromatic heterocycles. The molecule has 154 valence electrons. The SMILES string of the molecule is COCCOc1ncc2c(n1)N(Cc1ccc(CN3CCCCC3)cc1)C(=O)C2. The number of hydrogen-bond acceptors (Lipinski definition) is 6. The van der Waals surface area contributed by atoms with Gasteiger partial charge in [-0.2, -0.15) is 4.98 Å². The van der Waals surface area contributed by atoms with E-state index in [9.17, 15) is 4.79 Å². The molecule has 2 aliphatic rings. The highest BCUT2D eigenvalue weighted by atomic mass is 16.5. The molecule has 0 saturated carbocycles. The standard InChI is InChI=1S/C22H28N4O3/c1-28-11-12-29-22-23-14-19-13-20(27)26(21(19)24-22)16-18-7-5-17(6-8-18)15-25-9-3-2-4-10-25/h5-8,14H,2-4,9-13,15-16H2,1H3. The number of nitrogens with zero attached hydrogens (tertiary/aromatic N) is 4. The molecule has 0 atom stereocenters. The third-order valence-electron chi connectivity index (χ3n) is 5.46. The molecule has 1 amide bonds. The summed E-state index contributed by atoms with van der Waals surface area (Å²) < 4.78 is 10.5. The topological polar surface area (TPSA) is 67.8 Å². The monoisotopic (exact) mass is 396 g/mol. The Morgan fingerprint density at radius 3 is 2.45 bits per heavy atom. The third kappa shape index (κ3) is 4.92. The summed E-state index contributed by atoms with van der Waals surface area (Å²) in [6.07, 6.45) is 5.97. The van der Waals surface area contributed by atoms with Gasteiger partial charge < -0.3 is 9.47 Å². The summed E-state index contributed by atoms with van der Waals surface area (Å²) in [4.78, 5) is 25.4. The Hall–Kier alpha value is -2.51. The van der Waals surface area contributed by atoms with Crippen LogP contribution in [0.15, 0.2) is 30.5 Å². The lowest BCUT2D eigenvalue weighted by atomic mass is 10.1. The maximum absolute atomic E-state index is 12.5. The number of aromatic nitrogens is 2. The Kier molecular flexibility index (Phi) is 6.36. The highest BCUT2D eigenvalue weighted by molar-refractivity contribution is 6.00. The smallest absolute Gasteiger partial charge is 0.318 e. The van der Waals surface area contributed by atoms with Crippen molar-refractivity contribution in [3.63, 3.8) is 0 Å². The van der Waals surface area contributed by atoms with E-state index in [4.69, 9.17) is 9.47 Å². The molecule has 1 fully saturated rings. The van der Waals surface area contributed by atoms with E-state index in [2.05, 4.69) is 39.1 Å². The predicted octanol–water partition coefficient (Wildman–Crippen LogP) is 2.58. The lowest BCUT2D eigenvalue weighted by Crippen LogP contribution is -2.29. The summed E-state index contributed by atoms with van der Waals surface area (Å²) in [5.41, 5.74) is 3.25. The minimum atomic E-state index is 0.0423. The molecule has 0 spiro atoms. The lowest BCUT2D eigenvalue weighted by molar-refractivity contribution is -0.117. The largest absolute Gasteiger partial charge is 0.461 e. The van der Waals surface area contributed by atoms with Crippen LogP contribution in [-0.4, -0.2) is 54.2 Å². The van der Waals surface area contributed by atoms with Crippen molar-refractivity contribution in [3.05, 3.63) is 47.2 Å². The summed E-state index contributed by atoms with van der Waals surface area (Å²) in [7, 11) is 1.62. The number of amides is 1. The van der Waals surface area contributed by atoms with Crippen LogP contribution in [0.3, 0.4) is 0 Å². The third-order valence-corrected chi connectivity index (χ3v) is 5.46. The number of methoxy groups -OCH3 is 1. The van der Waals surface area contributed by atoms with Crippen molar-refractivity contribution >= 4 is 11.7 Å². The first-order valence-electron chi connectivity index (χ1n) is 10.3. The molecule has 2 aliphatic heterocycles. The molecule has 0 unspecified atom stereocenters. The van der Waals surface area contributed by atoms with E-state index in [0.29, 0.717) is 32.0 Å². The van der Waals surface area contributed by atoms with Crippen LogP contribution in [0, 0.1) is 0 Å². The molecule has 0 radical (unpaired) electrons. The second-order valence-electron chi connectivity index (χ2n) is 7.65. The number of rotatable bonds is 8. The molecule has 0 bridgehead atoms. The quantitative estimate of drug-likeness (QED) is 0.639. The fourth-order valence-electron chi connectivity index (χ4n) is 3.87. The number of carbonyl (C=O) groups is 1. The summed E-state index contributed by atoms with van der Waals surface area (Å²) in [6.45, 7) is 4.73. The Balaban J connectivity index is 1.41. The van der Waals surface area contributed by atoms with E-state index in [1.807, 2.05) is 0 Å². The van der Waals surface area contributed by atoms with Gasteiger partial charge in [-0.25, -0.2) is 4.98 Å². The van der Waals surface area contributed by atoms with Crippen molar-refractivity contribution in [1.29, 1.82) is 0 Å². The number of piperidine rings is 1. The minimum Gasteiger partial charge on any atom is -0.461 e. The van der Waals surface area contributed by atoms with Crippen LogP contribution in [0.1, 0.15) is 36.0 Å². The highest BCUT2D eigenvalue weighted by Gasteiger charge is 2.30. The fourth-order valence-corrected chi connectivity index (χ4v) is 3.87. The van der Waals surface area contributed by atoms with Gasteiger partial charge in [-0.1, -0.05) is 30.7 Å². The summed E-state index contributed by atoms with van der Waals surface area (Å²) in [5, 5.41) is 0. The Morgan fingerprint density at radius 2 is 1.72 bits per heavy atom. The molecule has 29 heavy (non-hydrogen) atoms. The van der Waals surface area contributed by atoms with E-state index >= 15 is 0 Å². The Labute approximate surface area is 171 Å². The highest BCUT2D eigenvalue weighted by Crippen LogP contribution is 2.29. The molecular weight excluding hydrogens is 368 g/mol. The molecular formula is C22H28N4O3. The summed E-state index contributed by atoms with van der Waals surface area (Å²) in [6, 6.07) is 8.84. The van der Waals surface area contributed by atoms with Crippen molar-refractivity contribution in [2.75, 3.05) is 38.3 Å². The second-order valence-corrected chi connectivity index (χ2v) is 7.65. The molecule has 7 heteroatoms. The van der Waals surface area contributed by atoms with Crippen molar-refractivity contribution < 1.29 is 14.3 Å². The predicted molar refractivity (Wildman–Crippen MR) is 110 cm³/mol. The number of hydrogen-bond donors (Lipinski definition) is 0. The molecule has 0 aliphatic carbocycles. The average Bonchev–Trinajstić information content (AvgIpc) is 3.05. The van der Waals surface area contributed by atoms with Crippen molar-refractivity contribution in [2.24, 2.45) is 0 Å². The van der Waals surface area contributed by atoms with E-state index in [1.165, 1.54) is 37.9 Å². The second kappa shape index (κ2) is 9.33. The van der Waals surface area contributed by atoms with Gasteiger partial charge in [-0.05, 0) is 37.1 Å². The van der Waals surface area contributed by atoms with Gasteiger partial charge in [-0.3, -0.25) is 14.6 Å². The molecule has 0 N–H and O–H groups in total. The number of anilines is 1. The summed E-state index contributed by atoms with van der Waals surface area (Å²) >= 11 is 0. The van der Waals surface area contributed by atoms with Gasteiger partial charge in [0.15, 0.2) is 0 Å². The van der Waals surface area contributed by atoms with Gasteiger partial charge in [0.2, 0.25) is 5.91 Å². The molecule has 3 heterocycles. The normalized spacial score (nSPS) is 16.9. The lowest BCUT2D eigenvalue weighted by Gasteiger charge is -2.26. The first-order valence-corrected chi connectivity index (χ1v) is 10.3. The van der Waals surface area contributed by atoms with Crippen LogP contribution < -0.4 is 9.64 Å². The number of fused-ring (bicyclic) bond motifs is 1. The van der Waals surface area contributed by atoms with Gasteiger partial charge in [-0.15, -0.1) is 0 Å². The van der Waals surface area contributed by atoms with E-state index in [0.717, 1.165) is 17.7 Å². The molecule has 1 saturated heterocycles. The van der Waals surface area contributed by atoms with Gasteiger partial charge in [0, 0.05) is 25.4 Å². The number of likely N-dealkylation sites (tertiary alicyclic amines) is 1. The van der Waals surface area contributed by atoms with Crippen LogP contribution in [0.25, 0.3) is 0 Å². The van der Waals surface area contributed by atoms with Crippen molar-refractivity contribution in [3.8, 4) is 6.01 Å². The zero-order chi connectivity index (χ0) is 20.1. The maximum atomic E-state index is 12.5. The van der Waals surface area contributed by atoms with Crippen LogP contribution >= 0.6 is 0 Å². The average molecular weight is 396 g/mol. The number of benzene rings is 1. The Bertz CT molecular complexity index is 834. The first-order chi connectivity index (χ1) is 14.2. The van der Waals surface area contributed by atoms with Crippen molar-refractivity contribution in [2.45, 2.75) is 38.8 Å². The summed E-state index contributed by atoms with van der Waals surface area (Å²) in [5.74, 6) is 0.690. The molecule has 4 rings (SSSR count). The minimum absolute atomic E-state index is 0.0423.